The Morgan fingerprint density at radius 3 is 2.76 bits per heavy atom. The van der Waals surface area contributed by atoms with Crippen LogP contribution in [0.5, 0.6) is 0 Å². The Morgan fingerprint density at radius 1 is 1.41 bits per heavy atom. The van der Waals surface area contributed by atoms with Crippen molar-refractivity contribution in [3.05, 3.63) is 18.7 Å². The number of aryl methyl sites for hydroxylation is 1. The number of nitrogens with zero attached hydrogens (tertiary/aromatic N) is 2. The van der Waals surface area contributed by atoms with Crippen molar-refractivity contribution in [2.45, 2.75) is 25.8 Å². The number of carbonyl (C=O) groups excluding carboxylic acids is 1. The van der Waals surface area contributed by atoms with Crippen molar-refractivity contribution in [2.75, 3.05) is 5.88 Å². The fourth-order valence-electron chi connectivity index (χ4n) is 1.26. The molecule has 1 amide bonds. The normalized spacial score (nSPS) is 11.4. The molecular formula is C9H15N3O4S. The van der Waals surface area contributed by atoms with Crippen LogP contribution in [-0.2, 0) is 21.5 Å². The summed E-state index contributed by atoms with van der Waals surface area (Å²) in [4.78, 5) is 15.0. The molecule has 1 aromatic rings. The topological polar surface area (TPSA) is 101 Å². The Hall–Kier alpha value is -1.41. The Morgan fingerprint density at radius 2 is 2.18 bits per heavy atom. The molecule has 0 aliphatic rings. The summed E-state index contributed by atoms with van der Waals surface area (Å²) in [6.07, 6.45) is 6.89. The van der Waals surface area contributed by atoms with Crippen molar-refractivity contribution >= 4 is 16.0 Å². The van der Waals surface area contributed by atoms with Crippen LogP contribution in [0.15, 0.2) is 18.7 Å². The number of rotatable bonds is 7. The molecule has 0 fully saturated rings. The van der Waals surface area contributed by atoms with E-state index in [9.17, 15) is 13.2 Å². The van der Waals surface area contributed by atoms with Crippen molar-refractivity contribution in [3.8, 4) is 0 Å². The predicted molar refractivity (Wildman–Crippen MR) is 60.6 cm³/mol. The maximum Gasteiger partial charge on any atom is 0.283 e. The molecule has 0 atom stereocenters. The quantitative estimate of drug-likeness (QED) is 0.532. The van der Waals surface area contributed by atoms with Crippen molar-refractivity contribution in [3.63, 3.8) is 0 Å². The molecule has 0 radical (unpaired) electrons. The average Bonchev–Trinajstić information content (AvgIpc) is 2.73. The van der Waals surface area contributed by atoms with Crippen LogP contribution in [-0.4, -0.2) is 34.3 Å². The third-order valence-electron chi connectivity index (χ3n) is 2.08. The number of amides is 1. The molecule has 0 saturated carbocycles. The van der Waals surface area contributed by atoms with E-state index in [1.54, 1.807) is 12.5 Å². The number of aromatic nitrogens is 2. The van der Waals surface area contributed by atoms with Crippen LogP contribution in [0.25, 0.3) is 0 Å². The third-order valence-corrected chi connectivity index (χ3v) is 2.59. The molecule has 0 bridgehead atoms. The van der Waals surface area contributed by atoms with Gasteiger partial charge in [-0.1, -0.05) is 0 Å². The van der Waals surface area contributed by atoms with Gasteiger partial charge < -0.3 is 9.88 Å². The molecule has 1 heterocycles. The molecule has 0 unspecified atom stereocenters. The number of hydrogen-bond donors (Lipinski definition) is 2. The maximum atomic E-state index is 11.1. The van der Waals surface area contributed by atoms with Gasteiger partial charge in [0, 0.05) is 25.4 Å². The molecule has 1 rings (SSSR count). The zero-order valence-corrected chi connectivity index (χ0v) is 10.1. The first-order chi connectivity index (χ1) is 7.97. The van der Waals surface area contributed by atoms with Crippen LogP contribution in [0.1, 0.15) is 19.3 Å². The van der Waals surface area contributed by atoms with Gasteiger partial charge in [-0.3, -0.25) is 9.35 Å². The molecule has 1 aromatic heterocycles. The van der Waals surface area contributed by atoms with E-state index >= 15 is 0 Å². The molecule has 96 valence electrons. The van der Waals surface area contributed by atoms with E-state index in [-0.39, 0.29) is 12.3 Å². The summed E-state index contributed by atoms with van der Waals surface area (Å²) in [7, 11) is -4.13. The number of imidazole rings is 1. The Labute approximate surface area is 99.6 Å². The summed E-state index contributed by atoms with van der Waals surface area (Å²) in [6.45, 7) is 0.769. The first kappa shape index (κ1) is 13.7. The number of hydrogen-bond acceptors (Lipinski definition) is 4. The SMILES string of the molecule is O=C(CCCCn1ccnc1)NCS(=O)(=O)O. The number of nitrogens with one attached hydrogen (secondary N) is 1. The molecule has 2 N–H and O–H groups in total. The highest BCUT2D eigenvalue weighted by molar-refractivity contribution is 7.85. The summed E-state index contributed by atoms with van der Waals surface area (Å²) < 4.78 is 31.0. The summed E-state index contributed by atoms with van der Waals surface area (Å²) in [6, 6.07) is 0. The van der Waals surface area contributed by atoms with Gasteiger partial charge in [0.1, 0.15) is 5.88 Å². The highest BCUT2D eigenvalue weighted by atomic mass is 32.2. The van der Waals surface area contributed by atoms with Gasteiger partial charge in [-0.15, -0.1) is 0 Å². The standard InChI is InChI=1S/C9H15N3O4S/c13-9(11-8-17(14,15)16)3-1-2-5-12-6-4-10-7-12/h4,6-7H,1-3,5,8H2,(H,11,13)(H,14,15,16). The summed E-state index contributed by atoms with van der Waals surface area (Å²) in [5.41, 5.74) is 0. The Balaban J connectivity index is 2.08. The first-order valence-corrected chi connectivity index (χ1v) is 6.76. The molecule has 0 aromatic carbocycles. The second-order valence-electron chi connectivity index (χ2n) is 3.58. The maximum absolute atomic E-state index is 11.1. The predicted octanol–water partition coefficient (Wildman–Crippen LogP) is 0.0149. The van der Waals surface area contributed by atoms with Crippen molar-refractivity contribution in [1.29, 1.82) is 0 Å². The van der Waals surface area contributed by atoms with Crippen LogP contribution in [0.3, 0.4) is 0 Å². The van der Waals surface area contributed by atoms with Crippen molar-refractivity contribution in [2.24, 2.45) is 0 Å². The van der Waals surface area contributed by atoms with Gasteiger partial charge >= 0.3 is 0 Å². The monoisotopic (exact) mass is 261 g/mol. The van der Waals surface area contributed by atoms with Gasteiger partial charge in [0.15, 0.2) is 0 Å². The van der Waals surface area contributed by atoms with Gasteiger partial charge in [-0.25, -0.2) is 4.98 Å². The molecule has 7 nitrogen and oxygen atoms in total. The van der Waals surface area contributed by atoms with E-state index in [0.717, 1.165) is 13.0 Å². The van der Waals surface area contributed by atoms with E-state index in [2.05, 4.69) is 10.3 Å². The molecular weight excluding hydrogens is 246 g/mol. The lowest BCUT2D eigenvalue weighted by Crippen LogP contribution is -2.28. The Kier molecular flexibility index (Phi) is 5.11. The number of carbonyl (C=O) groups is 1. The van der Waals surface area contributed by atoms with E-state index in [4.69, 9.17) is 4.55 Å². The molecule has 0 saturated heterocycles. The zero-order valence-electron chi connectivity index (χ0n) is 9.24. The van der Waals surface area contributed by atoms with Crippen LogP contribution in [0, 0.1) is 0 Å². The highest BCUT2D eigenvalue weighted by Crippen LogP contribution is 1.99. The minimum absolute atomic E-state index is 0.240. The lowest BCUT2D eigenvalue weighted by Gasteiger charge is -2.03. The largest absolute Gasteiger partial charge is 0.340 e. The van der Waals surface area contributed by atoms with Gasteiger partial charge in [0.25, 0.3) is 10.1 Å². The fourth-order valence-corrected chi connectivity index (χ4v) is 1.60. The fraction of sp³-hybridized carbons (Fsp3) is 0.556. The van der Waals surface area contributed by atoms with E-state index < -0.39 is 16.0 Å². The van der Waals surface area contributed by atoms with Gasteiger partial charge in [-0.05, 0) is 12.8 Å². The minimum Gasteiger partial charge on any atom is -0.340 e. The van der Waals surface area contributed by atoms with Gasteiger partial charge in [-0.2, -0.15) is 8.42 Å². The van der Waals surface area contributed by atoms with Crippen LogP contribution >= 0.6 is 0 Å². The van der Waals surface area contributed by atoms with Crippen LogP contribution in [0.4, 0.5) is 0 Å². The zero-order chi connectivity index (χ0) is 12.7. The summed E-state index contributed by atoms with van der Waals surface area (Å²) in [5, 5.41) is 2.12. The smallest absolute Gasteiger partial charge is 0.283 e. The lowest BCUT2D eigenvalue weighted by atomic mass is 10.2. The van der Waals surface area contributed by atoms with Gasteiger partial charge in [0.2, 0.25) is 5.91 Å². The minimum atomic E-state index is -4.13. The third kappa shape index (κ3) is 6.69. The summed E-state index contributed by atoms with van der Waals surface area (Å²) >= 11 is 0. The van der Waals surface area contributed by atoms with Crippen LogP contribution in [0.2, 0.25) is 0 Å². The second-order valence-corrected chi connectivity index (χ2v) is 5.04. The van der Waals surface area contributed by atoms with Crippen molar-refractivity contribution in [1.82, 2.24) is 14.9 Å². The lowest BCUT2D eigenvalue weighted by molar-refractivity contribution is -0.120. The van der Waals surface area contributed by atoms with Crippen LogP contribution < -0.4 is 5.32 Å². The van der Waals surface area contributed by atoms with E-state index in [0.29, 0.717) is 6.42 Å². The van der Waals surface area contributed by atoms with E-state index in [1.807, 2.05) is 10.8 Å². The summed E-state index contributed by atoms with van der Waals surface area (Å²) in [5.74, 6) is -1.11. The molecule has 17 heavy (non-hydrogen) atoms. The molecule has 0 aliphatic carbocycles. The van der Waals surface area contributed by atoms with E-state index in [1.165, 1.54) is 0 Å². The van der Waals surface area contributed by atoms with Crippen molar-refractivity contribution < 1.29 is 17.8 Å². The highest BCUT2D eigenvalue weighted by Gasteiger charge is 2.07. The average molecular weight is 261 g/mol. The van der Waals surface area contributed by atoms with Gasteiger partial charge in [0.05, 0.1) is 6.33 Å². The number of unbranched alkanes of at least 4 members (excludes halogenated alkanes) is 1. The molecule has 8 heteroatoms. The first-order valence-electron chi connectivity index (χ1n) is 5.15. The second kappa shape index (κ2) is 6.36. The molecule has 0 aliphatic heterocycles. The Bertz CT molecular complexity index is 441. The molecule has 0 spiro atoms.